The summed E-state index contributed by atoms with van der Waals surface area (Å²) in [5.41, 5.74) is 7.40. The fraction of sp³-hybridized carbons (Fsp3) is 0.333. The van der Waals surface area contributed by atoms with Gasteiger partial charge in [-0.2, -0.15) is 5.10 Å². The lowest BCUT2D eigenvalue weighted by molar-refractivity contribution is 0.101. The molecule has 2 rings (SSSR count). The number of benzene rings is 1. The number of para-hydroxylation sites is 2. The van der Waals surface area contributed by atoms with Gasteiger partial charge in [0.25, 0.3) is 5.91 Å². The Hall–Kier alpha value is -2.34. The Labute approximate surface area is 123 Å². The molecule has 1 heterocycles. The van der Waals surface area contributed by atoms with Gasteiger partial charge in [0.1, 0.15) is 18.1 Å². The van der Waals surface area contributed by atoms with Crippen molar-refractivity contribution in [3.8, 4) is 5.75 Å². The van der Waals surface area contributed by atoms with Crippen molar-refractivity contribution in [2.45, 2.75) is 20.4 Å². The van der Waals surface area contributed by atoms with Crippen LogP contribution in [-0.2, 0) is 6.54 Å². The molecule has 0 aliphatic carbocycles. The van der Waals surface area contributed by atoms with Gasteiger partial charge in [-0.05, 0) is 32.0 Å². The molecule has 3 N–H and O–H groups in total. The van der Waals surface area contributed by atoms with Crippen molar-refractivity contribution in [1.29, 1.82) is 0 Å². The summed E-state index contributed by atoms with van der Waals surface area (Å²) in [6.45, 7) is 5.27. The van der Waals surface area contributed by atoms with Gasteiger partial charge in [-0.1, -0.05) is 12.1 Å². The molecular formula is C15H20N4O2. The lowest BCUT2D eigenvalue weighted by Crippen LogP contribution is -2.18. The topological polar surface area (TPSA) is 82.2 Å². The van der Waals surface area contributed by atoms with E-state index in [0.717, 1.165) is 5.69 Å². The molecule has 0 bridgehead atoms. The quantitative estimate of drug-likeness (QED) is 0.849. The zero-order valence-corrected chi connectivity index (χ0v) is 12.3. The highest BCUT2D eigenvalue weighted by molar-refractivity contribution is 6.03. The summed E-state index contributed by atoms with van der Waals surface area (Å²) in [6, 6.07) is 9.05. The van der Waals surface area contributed by atoms with Crippen LogP contribution in [0.1, 0.15) is 23.1 Å². The van der Waals surface area contributed by atoms with Crippen LogP contribution in [0.2, 0.25) is 0 Å². The van der Waals surface area contributed by atoms with E-state index < -0.39 is 0 Å². The Kier molecular flexibility index (Phi) is 4.94. The Bertz CT molecular complexity index is 622. The molecule has 2 aromatic rings. The minimum atomic E-state index is -0.207. The van der Waals surface area contributed by atoms with Crippen LogP contribution >= 0.6 is 0 Å². The van der Waals surface area contributed by atoms with E-state index in [1.807, 2.05) is 26.0 Å². The van der Waals surface area contributed by atoms with Gasteiger partial charge in [-0.25, -0.2) is 0 Å². The third kappa shape index (κ3) is 3.61. The van der Waals surface area contributed by atoms with Crippen molar-refractivity contribution in [2.75, 3.05) is 18.5 Å². The lowest BCUT2D eigenvalue weighted by Gasteiger charge is -2.12. The lowest BCUT2D eigenvalue weighted by atomic mass is 10.2. The number of hydrogen-bond donors (Lipinski definition) is 2. The maximum atomic E-state index is 12.4. The second kappa shape index (κ2) is 6.90. The third-order valence-electron chi connectivity index (χ3n) is 2.94. The first-order valence-electron chi connectivity index (χ1n) is 6.93. The summed E-state index contributed by atoms with van der Waals surface area (Å²) in [7, 11) is 0. The molecule has 0 unspecified atom stereocenters. The van der Waals surface area contributed by atoms with Crippen LogP contribution in [0.15, 0.2) is 30.3 Å². The van der Waals surface area contributed by atoms with Gasteiger partial charge in [0, 0.05) is 13.1 Å². The average molecular weight is 288 g/mol. The summed E-state index contributed by atoms with van der Waals surface area (Å²) in [6.07, 6.45) is 0. The Morgan fingerprint density at radius 3 is 2.90 bits per heavy atom. The molecule has 0 saturated carbocycles. The summed E-state index contributed by atoms with van der Waals surface area (Å²) in [4.78, 5) is 12.4. The van der Waals surface area contributed by atoms with E-state index >= 15 is 0 Å². The summed E-state index contributed by atoms with van der Waals surface area (Å²) < 4.78 is 7.20. The highest BCUT2D eigenvalue weighted by Gasteiger charge is 2.15. The smallest absolute Gasteiger partial charge is 0.274 e. The Morgan fingerprint density at radius 2 is 2.19 bits per heavy atom. The summed E-state index contributed by atoms with van der Waals surface area (Å²) in [5.74, 6) is 0.400. The molecule has 0 aliphatic rings. The molecular weight excluding hydrogens is 268 g/mol. The number of rotatable bonds is 6. The Morgan fingerprint density at radius 1 is 1.43 bits per heavy atom. The minimum Gasteiger partial charge on any atom is -0.490 e. The number of aromatic nitrogens is 2. The van der Waals surface area contributed by atoms with Gasteiger partial charge in [-0.3, -0.25) is 9.48 Å². The standard InChI is InChI=1S/C15H20N4O2/c1-3-19-13(10-11(2)18-19)15(20)17-12-6-4-5-7-14(12)21-9-8-16/h4-7,10H,3,8-9,16H2,1-2H3,(H,17,20). The Balaban J connectivity index is 2.19. The summed E-state index contributed by atoms with van der Waals surface area (Å²) in [5, 5.41) is 7.13. The molecule has 6 nitrogen and oxygen atoms in total. The second-order valence-corrected chi connectivity index (χ2v) is 4.57. The van der Waals surface area contributed by atoms with Gasteiger partial charge in [-0.15, -0.1) is 0 Å². The molecule has 0 atom stereocenters. The number of nitrogens with one attached hydrogen (secondary N) is 1. The largest absolute Gasteiger partial charge is 0.490 e. The molecule has 1 aromatic heterocycles. The molecule has 0 radical (unpaired) electrons. The van der Waals surface area contributed by atoms with Gasteiger partial charge >= 0.3 is 0 Å². The fourth-order valence-electron chi connectivity index (χ4n) is 2.02. The van der Waals surface area contributed by atoms with Gasteiger partial charge in [0.15, 0.2) is 0 Å². The number of nitrogens with two attached hydrogens (primary N) is 1. The maximum Gasteiger partial charge on any atom is 0.274 e. The van der Waals surface area contributed by atoms with Crippen LogP contribution in [0.3, 0.4) is 0 Å². The van der Waals surface area contributed by atoms with Crippen LogP contribution < -0.4 is 15.8 Å². The average Bonchev–Trinajstić information content (AvgIpc) is 2.87. The number of anilines is 1. The maximum absolute atomic E-state index is 12.4. The van der Waals surface area contributed by atoms with Gasteiger partial charge < -0.3 is 15.8 Å². The summed E-state index contributed by atoms with van der Waals surface area (Å²) >= 11 is 0. The van der Waals surface area contributed by atoms with E-state index in [1.165, 1.54) is 0 Å². The molecule has 0 aliphatic heterocycles. The van der Waals surface area contributed by atoms with Crippen LogP contribution in [0.25, 0.3) is 0 Å². The molecule has 0 fully saturated rings. The van der Waals surface area contributed by atoms with E-state index in [2.05, 4.69) is 10.4 Å². The van der Waals surface area contributed by atoms with Crippen LogP contribution in [0.4, 0.5) is 5.69 Å². The van der Waals surface area contributed by atoms with E-state index in [1.54, 1.807) is 22.9 Å². The SMILES string of the molecule is CCn1nc(C)cc1C(=O)Nc1ccccc1OCCN. The highest BCUT2D eigenvalue weighted by atomic mass is 16.5. The molecule has 1 aromatic carbocycles. The second-order valence-electron chi connectivity index (χ2n) is 4.57. The number of carbonyl (C=O) groups excluding carboxylic acids is 1. The van der Waals surface area contributed by atoms with Crippen LogP contribution in [0.5, 0.6) is 5.75 Å². The first-order valence-corrected chi connectivity index (χ1v) is 6.93. The van der Waals surface area contributed by atoms with Crippen molar-refractivity contribution in [1.82, 2.24) is 9.78 Å². The molecule has 0 saturated heterocycles. The van der Waals surface area contributed by atoms with E-state index in [4.69, 9.17) is 10.5 Å². The fourth-order valence-corrected chi connectivity index (χ4v) is 2.02. The number of carbonyl (C=O) groups is 1. The van der Waals surface area contributed by atoms with E-state index in [9.17, 15) is 4.79 Å². The highest BCUT2D eigenvalue weighted by Crippen LogP contribution is 2.24. The van der Waals surface area contributed by atoms with E-state index in [0.29, 0.717) is 36.8 Å². The molecule has 21 heavy (non-hydrogen) atoms. The molecule has 0 spiro atoms. The predicted octanol–water partition coefficient (Wildman–Crippen LogP) is 1.80. The molecule has 1 amide bonds. The zero-order valence-electron chi connectivity index (χ0n) is 12.3. The van der Waals surface area contributed by atoms with Crippen LogP contribution in [0, 0.1) is 6.92 Å². The van der Waals surface area contributed by atoms with Crippen molar-refractivity contribution in [3.05, 3.63) is 41.7 Å². The van der Waals surface area contributed by atoms with Crippen molar-refractivity contribution >= 4 is 11.6 Å². The van der Waals surface area contributed by atoms with E-state index in [-0.39, 0.29) is 5.91 Å². The minimum absolute atomic E-state index is 0.207. The first kappa shape index (κ1) is 15.1. The van der Waals surface area contributed by atoms with Crippen molar-refractivity contribution in [3.63, 3.8) is 0 Å². The van der Waals surface area contributed by atoms with Crippen LogP contribution in [-0.4, -0.2) is 28.8 Å². The molecule has 112 valence electrons. The van der Waals surface area contributed by atoms with Gasteiger partial charge in [0.05, 0.1) is 11.4 Å². The normalized spacial score (nSPS) is 10.4. The number of nitrogens with zero attached hydrogens (tertiary/aromatic N) is 2. The van der Waals surface area contributed by atoms with Crippen molar-refractivity contribution in [2.24, 2.45) is 5.73 Å². The number of aryl methyl sites for hydroxylation is 2. The molecule has 6 heteroatoms. The number of ether oxygens (including phenoxy) is 1. The first-order chi connectivity index (χ1) is 10.2. The monoisotopic (exact) mass is 288 g/mol. The third-order valence-corrected chi connectivity index (χ3v) is 2.94. The van der Waals surface area contributed by atoms with Crippen molar-refractivity contribution < 1.29 is 9.53 Å². The predicted molar refractivity (Wildman–Crippen MR) is 81.6 cm³/mol. The zero-order chi connectivity index (χ0) is 15.2. The number of amides is 1. The number of hydrogen-bond acceptors (Lipinski definition) is 4. The van der Waals surface area contributed by atoms with Gasteiger partial charge in [0.2, 0.25) is 0 Å².